The molecule has 76 valence electrons. The number of nitrogens with zero attached hydrogens (tertiary/aromatic N) is 2. The minimum atomic E-state index is 0.641. The number of halogens is 1. The summed E-state index contributed by atoms with van der Waals surface area (Å²) < 4.78 is 4.42. The lowest BCUT2D eigenvalue weighted by atomic mass is 10.2. The lowest BCUT2D eigenvalue weighted by Crippen LogP contribution is -2.04. The predicted octanol–water partition coefficient (Wildman–Crippen LogP) is 3.13. The molecular weight excluding hydrogens is 260 g/mol. The first kappa shape index (κ1) is 9.28. The van der Waals surface area contributed by atoms with Crippen LogP contribution < -0.4 is 0 Å². The van der Waals surface area contributed by atoms with Gasteiger partial charge in [-0.05, 0) is 43.1 Å². The maximum Gasteiger partial charge on any atom is 0.145 e. The van der Waals surface area contributed by atoms with Crippen molar-refractivity contribution in [2.75, 3.05) is 0 Å². The van der Waals surface area contributed by atoms with Gasteiger partial charge in [0.05, 0.1) is 0 Å². The van der Waals surface area contributed by atoms with Gasteiger partial charge in [-0.1, -0.05) is 15.9 Å². The van der Waals surface area contributed by atoms with Crippen LogP contribution in [0.4, 0.5) is 0 Å². The van der Waals surface area contributed by atoms with Crippen molar-refractivity contribution < 1.29 is 0 Å². The summed E-state index contributed by atoms with van der Waals surface area (Å²) in [6.07, 6.45) is 6.47. The van der Waals surface area contributed by atoms with E-state index in [-0.39, 0.29) is 0 Å². The van der Waals surface area contributed by atoms with E-state index in [1.54, 1.807) is 11.5 Å². The molecular formula is C10H13BrN2S. The van der Waals surface area contributed by atoms with Crippen molar-refractivity contribution in [3.8, 4) is 0 Å². The van der Waals surface area contributed by atoms with Gasteiger partial charge in [-0.15, -0.1) is 0 Å². The third-order valence-electron chi connectivity index (χ3n) is 2.93. The zero-order valence-corrected chi connectivity index (χ0v) is 10.4. The Balaban J connectivity index is 1.63. The zero-order chi connectivity index (χ0) is 9.54. The van der Waals surface area contributed by atoms with Crippen LogP contribution in [0.15, 0.2) is 0 Å². The molecule has 0 amide bonds. The minimum absolute atomic E-state index is 0.641. The molecule has 1 unspecified atom stereocenters. The van der Waals surface area contributed by atoms with Crippen LogP contribution in [-0.4, -0.2) is 14.2 Å². The Morgan fingerprint density at radius 3 is 2.79 bits per heavy atom. The topological polar surface area (TPSA) is 25.8 Å². The number of alkyl halides is 1. The number of hydrogen-bond acceptors (Lipinski definition) is 3. The summed E-state index contributed by atoms with van der Waals surface area (Å²) in [6.45, 7) is 0. The number of rotatable bonds is 4. The molecule has 0 N–H and O–H groups in total. The van der Waals surface area contributed by atoms with Crippen molar-refractivity contribution in [3.63, 3.8) is 0 Å². The molecule has 2 nitrogen and oxygen atoms in total. The van der Waals surface area contributed by atoms with Crippen LogP contribution >= 0.6 is 27.5 Å². The molecule has 0 radical (unpaired) electrons. The Hall–Kier alpha value is 0.0400. The van der Waals surface area contributed by atoms with Crippen LogP contribution in [0.3, 0.4) is 0 Å². The first-order chi connectivity index (χ1) is 6.83. The van der Waals surface area contributed by atoms with Gasteiger partial charge in [0, 0.05) is 17.2 Å². The number of hydrogen-bond donors (Lipinski definition) is 0. The van der Waals surface area contributed by atoms with Crippen LogP contribution in [0.25, 0.3) is 0 Å². The van der Waals surface area contributed by atoms with E-state index in [2.05, 4.69) is 25.3 Å². The van der Waals surface area contributed by atoms with E-state index in [4.69, 9.17) is 0 Å². The fourth-order valence-electron chi connectivity index (χ4n) is 1.65. The molecule has 1 aromatic rings. The molecule has 2 aliphatic rings. The molecule has 0 aromatic carbocycles. The first-order valence-electron chi connectivity index (χ1n) is 5.29. The van der Waals surface area contributed by atoms with Crippen molar-refractivity contribution in [1.82, 2.24) is 9.36 Å². The molecule has 1 atom stereocenters. The van der Waals surface area contributed by atoms with Gasteiger partial charge < -0.3 is 0 Å². The van der Waals surface area contributed by atoms with Crippen molar-refractivity contribution in [2.24, 2.45) is 5.92 Å². The first-order valence-corrected chi connectivity index (χ1v) is 6.98. The van der Waals surface area contributed by atoms with E-state index in [1.165, 1.54) is 30.7 Å². The summed E-state index contributed by atoms with van der Waals surface area (Å²) in [7, 11) is 0. The van der Waals surface area contributed by atoms with Crippen molar-refractivity contribution in [2.45, 2.75) is 42.8 Å². The summed E-state index contributed by atoms with van der Waals surface area (Å²) in [5, 5.41) is 1.22. The summed E-state index contributed by atoms with van der Waals surface area (Å²) in [5.74, 6) is 2.72. The molecule has 0 bridgehead atoms. The summed E-state index contributed by atoms with van der Waals surface area (Å²) >= 11 is 5.34. The quantitative estimate of drug-likeness (QED) is 0.788. The van der Waals surface area contributed by atoms with E-state index in [0.717, 1.165) is 18.2 Å². The molecule has 0 aliphatic heterocycles. The van der Waals surface area contributed by atoms with Crippen LogP contribution in [0, 0.1) is 5.92 Å². The lowest BCUT2D eigenvalue weighted by molar-refractivity contribution is 0.753. The van der Waals surface area contributed by atoms with Crippen molar-refractivity contribution >= 4 is 27.5 Å². The predicted molar refractivity (Wildman–Crippen MR) is 61.0 cm³/mol. The largest absolute Gasteiger partial charge is 0.224 e. The Morgan fingerprint density at radius 2 is 2.14 bits per heavy atom. The molecule has 4 heteroatoms. The molecule has 14 heavy (non-hydrogen) atoms. The van der Waals surface area contributed by atoms with Gasteiger partial charge >= 0.3 is 0 Å². The van der Waals surface area contributed by atoms with Gasteiger partial charge in [0.2, 0.25) is 0 Å². The van der Waals surface area contributed by atoms with E-state index in [0.29, 0.717) is 10.7 Å². The molecule has 0 spiro atoms. The Kier molecular flexibility index (Phi) is 2.36. The maximum atomic E-state index is 4.60. The smallest absolute Gasteiger partial charge is 0.145 e. The van der Waals surface area contributed by atoms with Crippen LogP contribution in [-0.2, 0) is 6.42 Å². The molecule has 3 rings (SSSR count). The molecule has 2 aliphatic carbocycles. The SMILES string of the molecule is BrC(Cc1nc(C2CC2)ns1)C1CC1. The second kappa shape index (κ2) is 3.56. The third-order valence-corrected chi connectivity index (χ3v) is 4.75. The standard InChI is InChI=1S/C10H13BrN2S/c11-8(6-1-2-6)5-9-12-10(13-14-9)7-3-4-7/h6-8H,1-5H2. The van der Waals surface area contributed by atoms with E-state index >= 15 is 0 Å². The van der Waals surface area contributed by atoms with Gasteiger partial charge in [-0.3, -0.25) is 0 Å². The fraction of sp³-hybridized carbons (Fsp3) is 0.800. The second-order valence-corrected chi connectivity index (χ2v) is 6.39. The highest BCUT2D eigenvalue weighted by Crippen LogP contribution is 2.40. The van der Waals surface area contributed by atoms with Gasteiger partial charge in [0.1, 0.15) is 10.8 Å². The molecule has 1 heterocycles. The fourth-order valence-corrected chi connectivity index (χ4v) is 3.48. The molecule has 0 saturated heterocycles. The highest BCUT2D eigenvalue weighted by Gasteiger charge is 2.31. The highest BCUT2D eigenvalue weighted by molar-refractivity contribution is 9.09. The molecule has 2 fully saturated rings. The van der Waals surface area contributed by atoms with Crippen LogP contribution in [0.2, 0.25) is 0 Å². The minimum Gasteiger partial charge on any atom is -0.224 e. The summed E-state index contributed by atoms with van der Waals surface area (Å²) in [4.78, 5) is 5.24. The second-order valence-electron chi connectivity index (χ2n) is 4.38. The van der Waals surface area contributed by atoms with Gasteiger partial charge in [0.25, 0.3) is 0 Å². The van der Waals surface area contributed by atoms with Gasteiger partial charge in [-0.2, -0.15) is 4.37 Å². The Morgan fingerprint density at radius 1 is 1.36 bits per heavy atom. The highest BCUT2D eigenvalue weighted by atomic mass is 79.9. The normalized spacial score (nSPS) is 23.8. The van der Waals surface area contributed by atoms with Gasteiger partial charge in [0.15, 0.2) is 0 Å². The van der Waals surface area contributed by atoms with Crippen molar-refractivity contribution in [1.29, 1.82) is 0 Å². The van der Waals surface area contributed by atoms with Gasteiger partial charge in [-0.25, -0.2) is 4.98 Å². The maximum absolute atomic E-state index is 4.60. The lowest BCUT2D eigenvalue weighted by Gasteiger charge is -2.03. The molecule has 1 aromatic heterocycles. The third kappa shape index (κ3) is 2.01. The van der Waals surface area contributed by atoms with E-state index in [9.17, 15) is 0 Å². The van der Waals surface area contributed by atoms with E-state index in [1.807, 2.05) is 0 Å². The monoisotopic (exact) mass is 272 g/mol. The number of aromatic nitrogens is 2. The Labute approximate surface area is 96.4 Å². The molecule has 2 saturated carbocycles. The average molecular weight is 273 g/mol. The van der Waals surface area contributed by atoms with Crippen LogP contribution in [0.5, 0.6) is 0 Å². The van der Waals surface area contributed by atoms with E-state index < -0.39 is 0 Å². The Bertz CT molecular complexity index is 331. The average Bonchev–Trinajstić information content (AvgIpc) is 3.06. The summed E-state index contributed by atoms with van der Waals surface area (Å²) in [5.41, 5.74) is 0. The van der Waals surface area contributed by atoms with Crippen LogP contribution in [0.1, 0.15) is 42.4 Å². The summed E-state index contributed by atoms with van der Waals surface area (Å²) in [6, 6.07) is 0. The zero-order valence-electron chi connectivity index (χ0n) is 7.95. The van der Waals surface area contributed by atoms with Crippen molar-refractivity contribution in [3.05, 3.63) is 10.8 Å².